The lowest BCUT2D eigenvalue weighted by atomic mass is 10.0. The van der Waals surface area contributed by atoms with Gasteiger partial charge in [-0.1, -0.05) is 91.0 Å². The number of aromatic amines is 2. The fourth-order valence-electron chi connectivity index (χ4n) is 6.37. The molecule has 0 unspecified atom stereocenters. The SMILES string of the molecule is C[C@@H](Cc1ccccc1)Nc1c2nc(c(-c3ccccc3)c3ccc(cc4nc(c(-c5ccccc5)c5ccc1[nH]5)C=C4)[nH]3)C=C2. The third-order valence-corrected chi connectivity index (χ3v) is 8.48. The van der Waals surface area contributed by atoms with Gasteiger partial charge in [-0.15, -0.1) is 0 Å². The van der Waals surface area contributed by atoms with E-state index in [1.807, 2.05) is 12.1 Å². The molecular formula is C41H33N5. The van der Waals surface area contributed by atoms with Crippen LogP contribution >= 0.6 is 0 Å². The van der Waals surface area contributed by atoms with Crippen LogP contribution in [0.4, 0.5) is 5.69 Å². The van der Waals surface area contributed by atoms with Crippen molar-refractivity contribution >= 4 is 52.1 Å². The summed E-state index contributed by atoms with van der Waals surface area (Å²) in [4.78, 5) is 17.8. The molecule has 5 heteroatoms. The van der Waals surface area contributed by atoms with E-state index in [0.717, 1.165) is 79.2 Å². The number of aromatic nitrogens is 4. The lowest BCUT2D eigenvalue weighted by molar-refractivity contribution is 0.790. The Morgan fingerprint density at radius 3 is 1.85 bits per heavy atom. The van der Waals surface area contributed by atoms with E-state index >= 15 is 0 Å². The molecule has 3 aromatic carbocycles. The molecule has 0 radical (unpaired) electrons. The lowest BCUT2D eigenvalue weighted by Crippen LogP contribution is -2.18. The fourth-order valence-corrected chi connectivity index (χ4v) is 6.37. The highest BCUT2D eigenvalue weighted by Gasteiger charge is 2.17. The van der Waals surface area contributed by atoms with Gasteiger partial charge in [0.2, 0.25) is 0 Å². The van der Waals surface area contributed by atoms with Gasteiger partial charge in [-0.3, -0.25) is 0 Å². The Morgan fingerprint density at radius 1 is 0.565 bits per heavy atom. The second-order valence-corrected chi connectivity index (χ2v) is 11.8. The molecule has 5 nitrogen and oxygen atoms in total. The highest BCUT2D eigenvalue weighted by Crippen LogP contribution is 2.34. The van der Waals surface area contributed by atoms with E-state index in [1.54, 1.807) is 0 Å². The van der Waals surface area contributed by atoms with Crippen molar-refractivity contribution in [2.24, 2.45) is 0 Å². The first-order valence-electron chi connectivity index (χ1n) is 15.7. The zero-order valence-corrected chi connectivity index (χ0v) is 25.5. The minimum atomic E-state index is 0.158. The minimum Gasteiger partial charge on any atom is -0.379 e. The number of benzene rings is 3. The topological polar surface area (TPSA) is 69.4 Å². The van der Waals surface area contributed by atoms with E-state index in [9.17, 15) is 0 Å². The molecule has 0 aliphatic carbocycles. The molecule has 2 aliphatic rings. The quantitative estimate of drug-likeness (QED) is 0.179. The Morgan fingerprint density at radius 2 is 1.13 bits per heavy atom. The zero-order valence-electron chi connectivity index (χ0n) is 25.5. The molecule has 0 spiro atoms. The summed E-state index contributed by atoms with van der Waals surface area (Å²) in [6.07, 6.45) is 9.32. The van der Waals surface area contributed by atoms with Gasteiger partial charge in [0, 0.05) is 33.7 Å². The van der Waals surface area contributed by atoms with E-state index in [1.165, 1.54) is 5.56 Å². The molecule has 6 aromatic rings. The van der Waals surface area contributed by atoms with Gasteiger partial charge in [0.1, 0.15) is 0 Å². The molecule has 8 rings (SSSR count). The number of anilines is 1. The zero-order chi connectivity index (χ0) is 30.9. The van der Waals surface area contributed by atoms with Crippen LogP contribution in [0.1, 0.15) is 35.3 Å². The summed E-state index contributed by atoms with van der Waals surface area (Å²) >= 11 is 0. The van der Waals surface area contributed by atoms with Gasteiger partial charge in [-0.05, 0) is 84.7 Å². The molecule has 0 fully saturated rings. The van der Waals surface area contributed by atoms with Crippen LogP contribution < -0.4 is 5.32 Å². The Labute approximate surface area is 268 Å². The molecule has 8 bridgehead atoms. The number of nitrogens with zero attached hydrogens (tertiary/aromatic N) is 2. The van der Waals surface area contributed by atoms with Crippen LogP contribution in [-0.4, -0.2) is 26.0 Å². The van der Waals surface area contributed by atoms with Crippen LogP contribution in [0.25, 0.3) is 68.6 Å². The number of H-pyrrole nitrogens is 2. The minimum absolute atomic E-state index is 0.158. The Hall–Kier alpha value is -5.94. The van der Waals surface area contributed by atoms with Crippen LogP contribution in [-0.2, 0) is 6.42 Å². The average Bonchev–Trinajstić information content (AvgIpc) is 3.92. The maximum atomic E-state index is 5.29. The van der Waals surface area contributed by atoms with Gasteiger partial charge in [-0.25, -0.2) is 9.97 Å². The van der Waals surface area contributed by atoms with Gasteiger partial charge >= 0.3 is 0 Å². The Balaban J connectivity index is 1.42. The molecule has 3 aromatic heterocycles. The molecule has 1 atom stereocenters. The molecule has 46 heavy (non-hydrogen) atoms. The van der Waals surface area contributed by atoms with E-state index in [2.05, 4.69) is 156 Å². The highest BCUT2D eigenvalue weighted by atomic mass is 15.0. The lowest BCUT2D eigenvalue weighted by Gasteiger charge is -2.16. The van der Waals surface area contributed by atoms with Crippen molar-refractivity contribution in [2.45, 2.75) is 19.4 Å². The smallest absolute Gasteiger partial charge is 0.0890 e. The molecule has 2 aliphatic heterocycles. The number of fused-ring (bicyclic) bond motifs is 8. The van der Waals surface area contributed by atoms with Crippen LogP contribution in [0.15, 0.2) is 121 Å². The first kappa shape index (κ1) is 27.6. The van der Waals surface area contributed by atoms with Crippen molar-refractivity contribution in [3.8, 4) is 22.3 Å². The summed E-state index contributed by atoms with van der Waals surface area (Å²) < 4.78 is 0. The van der Waals surface area contributed by atoms with Crippen LogP contribution in [0, 0.1) is 0 Å². The standard InChI is InChI=1S/C41H33N5/c1-27(25-28-11-5-2-6-12-28)42-41-37-23-21-35(45-37)39(29-13-7-3-8-14-29)33-19-17-31(43-33)26-32-18-20-34(44-32)40(30-15-9-4-10-16-30)36-22-24-38(41)46-36/h2-24,26-27,42-43,46H,25H2,1H3/t27-/m0/s1. The van der Waals surface area contributed by atoms with Crippen molar-refractivity contribution in [1.29, 1.82) is 0 Å². The van der Waals surface area contributed by atoms with Crippen LogP contribution in [0.2, 0.25) is 0 Å². The fraction of sp³-hybridized carbons (Fsp3) is 0.0732. The molecule has 0 saturated heterocycles. The predicted octanol–water partition coefficient (Wildman–Crippen LogP) is 10.0. The van der Waals surface area contributed by atoms with Crippen molar-refractivity contribution < 1.29 is 0 Å². The monoisotopic (exact) mass is 595 g/mol. The first-order valence-corrected chi connectivity index (χ1v) is 15.7. The summed E-state index contributed by atoms with van der Waals surface area (Å²) in [6.45, 7) is 2.22. The highest BCUT2D eigenvalue weighted by molar-refractivity contribution is 5.96. The maximum Gasteiger partial charge on any atom is 0.0890 e. The third-order valence-electron chi connectivity index (χ3n) is 8.48. The number of hydrogen-bond acceptors (Lipinski definition) is 3. The van der Waals surface area contributed by atoms with E-state index in [0.29, 0.717) is 0 Å². The normalized spacial score (nSPS) is 12.7. The Bertz CT molecular complexity index is 2220. The summed E-state index contributed by atoms with van der Waals surface area (Å²) in [5.74, 6) is 0. The van der Waals surface area contributed by atoms with Crippen molar-refractivity contribution in [2.75, 3.05) is 5.32 Å². The van der Waals surface area contributed by atoms with Crippen molar-refractivity contribution in [1.82, 2.24) is 19.9 Å². The van der Waals surface area contributed by atoms with Gasteiger partial charge in [0.25, 0.3) is 0 Å². The molecule has 0 amide bonds. The molecule has 5 heterocycles. The molecular weight excluding hydrogens is 562 g/mol. The van der Waals surface area contributed by atoms with E-state index < -0.39 is 0 Å². The van der Waals surface area contributed by atoms with Gasteiger partial charge in [0.05, 0.1) is 34.0 Å². The maximum absolute atomic E-state index is 5.29. The average molecular weight is 596 g/mol. The van der Waals surface area contributed by atoms with Crippen molar-refractivity contribution in [3.63, 3.8) is 0 Å². The predicted molar refractivity (Wildman–Crippen MR) is 193 cm³/mol. The van der Waals surface area contributed by atoms with Gasteiger partial charge in [0.15, 0.2) is 0 Å². The van der Waals surface area contributed by atoms with Crippen molar-refractivity contribution in [3.05, 3.63) is 150 Å². The van der Waals surface area contributed by atoms with E-state index in [-0.39, 0.29) is 6.04 Å². The molecule has 222 valence electrons. The number of nitrogens with one attached hydrogen (secondary N) is 3. The summed E-state index contributed by atoms with van der Waals surface area (Å²) in [6, 6.07) is 42.3. The summed E-state index contributed by atoms with van der Waals surface area (Å²) in [5, 5.41) is 3.85. The Kier molecular flexibility index (Phi) is 7.12. The summed E-state index contributed by atoms with van der Waals surface area (Å²) in [5.41, 5.74) is 14.1. The van der Waals surface area contributed by atoms with Gasteiger partial charge < -0.3 is 15.3 Å². The second kappa shape index (κ2) is 11.9. The van der Waals surface area contributed by atoms with E-state index in [4.69, 9.17) is 9.97 Å². The second-order valence-electron chi connectivity index (χ2n) is 11.8. The van der Waals surface area contributed by atoms with Crippen LogP contribution in [0.5, 0.6) is 0 Å². The number of rotatable bonds is 6. The number of hydrogen-bond donors (Lipinski definition) is 3. The molecule has 3 N–H and O–H groups in total. The van der Waals surface area contributed by atoms with Gasteiger partial charge in [-0.2, -0.15) is 0 Å². The third kappa shape index (κ3) is 5.44. The summed E-state index contributed by atoms with van der Waals surface area (Å²) in [7, 11) is 0. The first-order chi connectivity index (χ1) is 22.7. The molecule has 0 saturated carbocycles. The largest absolute Gasteiger partial charge is 0.379 e. The van der Waals surface area contributed by atoms with Crippen LogP contribution in [0.3, 0.4) is 0 Å².